The van der Waals surface area contributed by atoms with Crippen LogP contribution in [0.5, 0.6) is 5.75 Å². The average Bonchev–Trinajstić information content (AvgIpc) is 2.48. The first-order valence-electron chi connectivity index (χ1n) is 5.89. The van der Waals surface area contributed by atoms with Crippen LogP contribution in [0.3, 0.4) is 0 Å². The van der Waals surface area contributed by atoms with E-state index in [2.05, 4.69) is 21.1 Å². The Morgan fingerprint density at radius 3 is 2.95 bits per heavy atom. The number of phenolic OH excluding ortho intramolecular Hbond substituents is 1. The number of phenols is 1. The largest absolute Gasteiger partial charge is 0.507 e. The Kier molecular flexibility index (Phi) is 4.46. The van der Waals surface area contributed by atoms with Gasteiger partial charge in [-0.1, -0.05) is 5.16 Å². The summed E-state index contributed by atoms with van der Waals surface area (Å²) in [5.74, 6) is -0.315. The fraction of sp³-hybridized carbons (Fsp3) is 0.333. The molecule has 1 unspecified atom stereocenters. The van der Waals surface area contributed by atoms with Gasteiger partial charge in [0, 0.05) is 12.1 Å². The zero-order chi connectivity index (χ0) is 14.7. The molecule has 1 amide bonds. The number of oxime groups is 1. The summed E-state index contributed by atoms with van der Waals surface area (Å²) >= 11 is 3.16. The standard InChI is InChI=1S/C12H14BrN3O4/c13-8-2-1-7(5-9(8)17)12(18)16-3-4-20-10(6-16)11(14)15-19/h1-2,5,10,17,19H,3-4,6H2,(H2,14,15). The molecule has 1 aliphatic heterocycles. The summed E-state index contributed by atoms with van der Waals surface area (Å²) in [5, 5.41) is 21.1. The molecule has 8 heteroatoms. The third kappa shape index (κ3) is 3.02. The van der Waals surface area contributed by atoms with Gasteiger partial charge in [0.15, 0.2) is 5.84 Å². The minimum absolute atomic E-state index is 0.00269. The van der Waals surface area contributed by atoms with E-state index in [4.69, 9.17) is 15.7 Å². The summed E-state index contributed by atoms with van der Waals surface area (Å²) in [5.41, 5.74) is 5.85. The molecule has 0 saturated carbocycles. The summed E-state index contributed by atoms with van der Waals surface area (Å²) < 4.78 is 5.84. The Balaban J connectivity index is 2.14. The van der Waals surface area contributed by atoms with Crippen molar-refractivity contribution < 1.29 is 19.8 Å². The first kappa shape index (κ1) is 14.6. The third-order valence-corrected chi connectivity index (χ3v) is 3.66. The highest BCUT2D eigenvalue weighted by Gasteiger charge is 2.27. The van der Waals surface area contributed by atoms with Crippen LogP contribution in [0, 0.1) is 0 Å². The summed E-state index contributed by atoms with van der Waals surface area (Å²) in [6.07, 6.45) is -0.623. The maximum Gasteiger partial charge on any atom is 0.254 e. The van der Waals surface area contributed by atoms with Crippen LogP contribution >= 0.6 is 15.9 Å². The Bertz CT molecular complexity index is 550. The lowest BCUT2D eigenvalue weighted by Crippen LogP contribution is -2.50. The number of halogens is 1. The molecule has 1 saturated heterocycles. The number of morpholine rings is 1. The van der Waals surface area contributed by atoms with Crippen LogP contribution in [0.2, 0.25) is 0 Å². The fourth-order valence-electron chi connectivity index (χ4n) is 1.91. The molecule has 108 valence electrons. The van der Waals surface area contributed by atoms with Gasteiger partial charge in [-0.25, -0.2) is 0 Å². The number of hydrogen-bond donors (Lipinski definition) is 3. The van der Waals surface area contributed by atoms with Gasteiger partial charge in [0.1, 0.15) is 11.9 Å². The van der Waals surface area contributed by atoms with Crippen molar-refractivity contribution in [2.75, 3.05) is 19.7 Å². The maximum atomic E-state index is 12.3. The quantitative estimate of drug-likeness (QED) is 0.317. The van der Waals surface area contributed by atoms with Crippen molar-refractivity contribution >= 4 is 27.7 Å². The molecule has 1 fully saturated rings. The molecular weight excluding hydrogens is 330 g/mol. The van der Waals surface area contributed by atoms with Crippen molar-refractivity contribution in [3.63, 3.8) is 0 Å². The third-order valence-electron chi connectivity index (χ3n) is 2.99. The normalized spacial score (nSPS) is 19.9. The number of ether oxygens (including phenoxy) is 1. The van der Waals surface area contributed by atoms with Gasteiger partial charge >= 0.3 is 0 Å². The molecule has 2 rings (SSSR count). The highest BCUT2D eigenvalue weighted by atomic mass is 79.9. The Labute approximate surface area is 123 Å². The number of nitrogens with two attached hydrogens (primary N) is 1. The molecular formula is C12H14BrN3O4. The molecule has 1 heterocycles. The van der Waals surface area contributed by atoms with Crippen LogP contribution in [-0.2, 0) is 4.74 Å². The molecule has 7 nitrogen and oxygen atoms in total. The lowest BCUT2D eigenvalue weighted by Gasteiger charge is -2.32. The van der Waals surface area contributed by atoms with Crippen LogP contribution in [0.4, 0.5) is 0 Å². The van der Waals surface area contributed by atoms with Crippen molar-refractivity contribution in [3.8, 4) is 5.75 Å². The Morgan fingerprint density at radius 2 is 2.30 bits per heavy atom. The number of carbonyl (C=O) groups is 1. The molecule has 1 aliphatic rings. The summed E-state index contributed by atoms with van der Waals surface area (Å²) in [7, 11) is 0. The van der Waals surface area contributed by atoms with Gasteiger partial charge in [0.25, 0.3) is 5.91 Å². The summed E-state index contributed by atoms with van der Waals surface area (Å²) in [4.78, 5) is 13.9. The van der Waals surface area contributed by atoms with Crippen LogP contribution in [-0.4, -0.2) is 52.8 Å². The number of benzene rings is 1. The van der Waals surface area contributed by atoms with Gasteiger partial charge < -0.3 is 25.7 Å². The number of amidine groups is 1. The highest BCUT2D eigenvalue weighted by molar-refractivity contribution is 9.10. The number of amides is 1. The van der Waals surface area contributed by atoms with E-state index in [1.807, 2.05) is 0 Å². The second-order valence-electron chi connectivity index (χ2n) is 4.30. The highest BCUT2D eigenvalue weighted by Crippen LogP contribution is 2.25. The van der Waals surface area contributed by atoms with E-state index >= 15 is 0 Å². The summed E-state index contributed by atoms with van der Waals surface area (Å²) in [6, 6.07) is 4.60. The van der Waals surface area contributed by atoms with Gasteiger partial charge in [-0.05, 0) is 34.1 Å². The zero-order valence-corrected chi connectivity index (χ0v) is 12.1. The van der Waals surface area contributed by atoms with Crippen molar-refractivity contribution in [1.29, 1.82) is 0 Å². The second kappa shape index (κ2) is 6.10. The minimum Gasteiger partial charge on any atom is -0.507 e. The predicted molar refractivity (Wildman–Crippen MR) is 74.9 cm³/mol. The van der Waals surface area contributed by atoms with Crippen molar-refractivity contribution in [3.05, 3.63) is 28.2 Å². The van der Waals surface area contributed by atoms with Gasteiger partial charge in [-0.15, -0.1) is 0 Å². The molecule has 0 aliphatic carbocycles. The number of hydrogen-bond acceptors (Lipinski definition) is 5. The zero-order valence-electron chi connectivity index (χ0n) is 10.5. The van der Waals surface area contributed by atoms with E-state index in [9.17, 15) is 9.90 Å². The molecule has 0 aromatic heterocycles. The first-order chi connectivity index (χ1) is 9.52. The van der Waals surface area contributed by atoms with Gasteiger partial charge in [0.2, 0.25) is 0 Å². The summed E-state index contributed by atoms with van der Waals surface area (Å²) in [6.45, 7) is 0.908. The maximum absolute atomic E-state index is 12.3. The topological polar surface area (TPSA) is 108 Å². The fourth-order valence-corrected chi connectivity index (χ4v) is 2.15. The monoisotopic (exact) mass is 343 g/mol. The van der Waals surface area contributed by atoms with Crippen LogP contribution in [0.25, 0.3) is 0 Å². The number of aromatic hydroxyl groups is 1. The lowest BCUT2D eigenvalue weighted by molar-refractivity contribution is 0.00674. The molecule has 4 N–H and O–H groups in total. The van der Waals surface area contributed by atoms with Crippen LogP contribution in [0.15, 0.2) is 27.8 Å². The van der Waals surface area contributed by atoms with Gasteiger partial charge in [0.05, 0.1) is 17.6 Å². The minimum atomic E-state index is -0.623. The molecule has 1 aromatic rings. The number of nitrogens with zero attached hydrogens (tertiary/aromatic N) is 2. The molecule has 0 bridgehead atoms. The lowest BCUT2D eigenvalue weighted by atomic mass is 10.1. The van der Waals surface area contributed by atoms with E-state index < -0.39 is 6.10 Å². The van der Waals surface area contributed by atoms with E-state index in [0.717, 1.165) is 0 Å². The van der Waals surface area contributed by atoms with Gasteiger partial charge in [-0.3, -0.25) is 4.79 Å². The molecule has 1 atom stereocenters. The van der Waals surface area contributed by atoms with E-state index in [0.29, 0.717) is 23.2 Å². The van der Waals surface area contributed by atoms with Crippen LogP contribution in [0.1, 0.15) is 10.4 Å². The van der Waals surface area contributed by atoms with Gasteiger partial charge in [-0.2, -0.15) is 0 Å². The smallest absolute Gasteiger partial charge is 0.254 e. The Morgan fingerprint density at radius 1 is 1.55 bits per heavy atom. The van der Waals surface area contributed by atoms with E-state index in [1.54, 1.807) is 12.1 Å². The van der Waals surface area contributed by atoms with Crippen molar-refractivity contribution in [2.24, 2.45) is 10.9 Å². The molecule has 0 spiro atoms. The SMILES string of the molecule is N/C(=N/O)C1CN(C(=O)c2ccc(Br)c(O)c2)CCO1. The molecule has 1 aromatic carbocycles. The Hall–Kier alpha value is -1.80. The van der Waals surface area contributed by atoms with E-state index in [-0.39, 0.29) is 24.0 Å². The number of rotatable bonds is 2. The number of carbonyl (C=O) groups excluding carboxylic acids is 1. The second-order valence-corrected chi connectivity index (χ2v) is 5.16. The molecule has 20 heavy (non-hydrogen) atoms. The molecule has 0 radical (unpaired) electrons. The van der Waals surface area contributed by atoms with E-state index in [1.165, 1.54) is 11.0 Å². The van der Waals surface area contributed by atoms with Crippen LogP contribution < -0.4 is 5.73 Å². The predicted octanol–water partition coefficient (Wildman–Crippen LogP) is 0.742. The first-order valence-corrected chi connectivity index (χ1v) is 6.69. The van der Waals surface area contributed by atoms with Crippen molar-refractivity contribution in [2.45, 2.75) is 6.10 Å². The average molecular weight is 344 g/mol. The van der Waals surface area contributed by atoms with Crippen molar-refractivity contribution in [1.82, 2.24) is 4.90 Å².